The van der Waals surface area contributed by atoms with Gasteiger partial charge in [-0.05, 0) is 54.4 Å². The Morgan fingerprint density at radius 2 is 1.53 bits per heavy atom. The van der Waals surface area contributed by atoms with E-state index in [1.807, 2.05) is 6.07 Å². The van der Waals surface area contributed by atoms with Crippen LogP contribution in [0.15, 0.2) is 82.6 Å². The summed E-state index contributed by atoms with van der Waals surface area (Å²) in [6, 6.07) is 14.7. The van der Waals surface area contributed by atoms with Gasteiger partial charge in [0.05, 0.1) is 17.3 Å². The summed E-state index contributed by atoms with van der Waals surface area (Å²) in [5.41, 5.74) is 3.13. The molecule has 34 heavy (non-hydrogen) atoms. The highest BCUT2D eigenvalue weighted by Gasteiger charge is 2.32. The number of hydrogen-bond acceptors (Lipinski definition) is 6. The summed E-state index contributed by atoms with van der Waals surface area (Å²) < 4.78 is 27.1. The fourth-order valence-corrected chi connectivity index (χ4v) is 3.40. The van der Waals surface area contributed by atoms with Crippen molar-refractivity contribution in [2.45, 2.75) is 19.0 Å². The normalized spacial score (nSPS) is 12.2. The van der Waals surface area contributed by atoms with Gasteiger partial charge in [-0.1, -0.05) is 24.3 Å². The average molecular weight is 508 g/mol. The van der Waals surface area contributed by atoms with Crippen molar-refractivity contribution in [3.05, 3.63) is 122 Å². The number of nitrogens with zero attached hydrogens (tertiary/aromatic N) is 1. The van der Waals surface area contributed by atoms with Gasteiger partial charge < -0.3 is 4.84 Å². The lowest BCUT2D eigenvalue weighted by molar-refractivity contribution is 0.379. The summed E-state index contributed by atoms with van der Waals surface area (Å²) in [4.78, 5) is 34.3. The van der Waals surface area contributed by atoms with E-state index >= 15 is 0 Å². The Balaban J connectivity index is 0.00000204. The molecule has 6 nitrogen and oxygen atoms in total. The third kappa shape index (κ3) is 5.59. The summed E-state index contributed by atoms with van der Waals surface area (Å²) in [6.45, 7) is 1.75. The van der Waals surface area contributed by atoms with Crippen molar-refractivity contribution < 1.29 is 13.6 Å². The van der Waals surface area contributed by atoms with Gasteiger partial charge in [0.2, 0.25) is 11.2 Å². The van der Waals surface area contributed by atoms with E-state index in [1.165, 1.54) is 6.07 Å². The predicted octanol–water partition coefficient (Wildman–Crippen LogP) is 4.65. The van der Waals surface area contributed by atoms with Crippen LogP contribution in [-0.2, 0) is 0 Å². The molecule has 0 bridgehead atoms. The smallest absolute Gasteiger partial charge is 0.271 e. The zero-order valence-electron chi connectivity index (χ0n) is 17.8. The van der Waals surface area contributed by atoms with E-state index in [1.54, 1.807) is 55.7 Å². The maximum Gasteiger partial charge on any atom is 0.271 e. The second-order valence-corrected chi connectivity index (χ2v) is 7.25. The Morgan fingerprint density at radius 3 is 2.18 bits per heavy atom. The standard InChI is InChI=1S/C24H19F2N3O3.2ClH/c1-14(16-7-8-18(25)19(26)13-16)28-21(15-9-11-27-12-10-15)20-22(30)23(31)24(20)32-29-17-5-3-2-4-6-17;;/h2-14,21,28-29H,1H3;2*1H. The molecular formula is C24H21Cl2F2N3O3. The zero-order valence-corrected chi connectivity index (χ0v) is 19.5. The first kappa shape index (κ1) is 26.9. The van der Waals surface area contributed by atoms with Crippen LogP contribution in [0.1, 0.15) is 35.7 Å². The van der Waals surface area contributed by atoms with E-state index in [4.69, 9.17) is 4.84 Å². The molecule has 10 heteroatoms. The maximum atomic E-state index is 13.7. The largest absolute Gasteiger partial charge is 0.377 e. The van der Waals surface area contributed by atoms with Crippen LogP contribution in [0.25, 0.3) is 0 Å². The molecule has 0 amide bonds. The van der Waals surface area contributed by atoms with E-state index in [-0.39, 0.29) is 36.1 Å². The first-order valence-electron chi connectivity index (χ1n) is 9.87. The summed E-state index contributed by atoms with van der Waals surface area (Å²) in [5, 5.41) is 3.22. The molecule has 0 saturated carbocycles. The molecule has 2 atom stereocenters. The van der Waals surface area contributed by atoms with Crippen LogP contribution in [0.2, 0.25) is 0 Å². The molecule has 178 valence electrons. The third-order valence-electron chi connectivity index (χ3n) is 5.13. The second kappa shape index (κ2) is 11.7. The molecule has 2 unspecified atom stereocenters. The van der Waals surface area contributed by atoms with Crippen LogP contribution in [0.5, 0.6) is 5.75 Å². The Bertz CT molecular complexity index is 1300. The topological polar surface area (TPSA) is 80.3 Å². The lowest BCUT2D eigenvalue weighted by atomic mass is 9.93. The van der Waals surface area contributed by atoms with E-state index in [0.29, 0.717) is 16.8 Å². The minimum atomic E-state index is -0.971. The molecule has 3 aromatic carbocycles. The van der Waals surface area contributed by atoms with E-state index in [2.05, 4.69) is 15.8 Å². The highest BCUT2D eigenvalue weighted by atomic mass is 35.5. The van der Waals surface area contributed by atoms with Crippen LogP contribution in [0.3, 0.4) is 0 Å². The van der Waals surface area contributed by atoms with Crippen LogP contribution < -0.4 is 26.5 Å². The van der Waals surface area contributed by atoms with Crippen LogP contribution in [0.4, 0.5) is 14.5 Å². The molecule has 0 radical (unpaired) electrons. The molecular weight excluding hydrogens is 487 g/mol. The van der Waals surface area contributed by atoms with Crippen molar-refractivity contribution in [2.24, 2.45) is 0 Å². The molecule has 0 fully saturated rings. The molecule has 0 aliphatic heterocycles. The summed E-state index contributed by atoms with van der Waals surface area (Å²) in [6.07, 6.45) is 3.11. The summed E-state index contributed by atoms with van der Waals surface area (Å²) in [7, 11) is 0. The molecule has 2 N–H and O–H groups in total. The van der Waals surface area contributed by atoms with Gasteiger partial charge in [0, 0.05) is 18.4 Å². The Labute approximate surface area is 206 Å². The second-order valence-electron chi connectivity index (χ2n) is 7.25. The number of rotatable bonds is 8. The quantitative estimate of drug-likeness (QED) is 0.267. The average Bonchev–Trinajstić information content (AvgIpc) is 2.83. The Hall–Kier alpha value is -3.33. The zero-order chi connectivity index (χ0) is 22.7. The number of benzene rings is 2. The number of anilines is 1. The number of nitrogens with one attached hydrogen (secondary N) is 2. The molecule has 1 aromatic heterocycles. The predicted molar refractivity (Wildman–Crippen MR) is 131 cm³/mol. The van der Waals surface area contributed by atoms with Gasteiger partial charge in [-0.15, -0.1) is 24.8 Å². The van der Waals surface area contributed by atoms with Crippen molar-refractivity contribution in [3.8, 4) is 5.75 Å². The third-order valence-corrected chi connectivity index (χ3v) is 5.13. The van der Waals surface area contributed by atoms with Gasteiger partial charge in [0.15, 0.2) is 11.6 Å². The Morgan fingerprint density at radius 1 is 0.853 bits per heavy atom. The van der Waals surface area contributed by atoms with Crippen molar-refractivity contribution >= 4 is 30.5 Å². The number of hydrogen-bond donors (Lipinski definition) is 2. The number of para-hydroxylation sites is 1. The van der Waals surface area contributed by atoms with Crippen molar-refractivity contribution in [3.63, 3.8) is 0 Å². The van der Waals surface area contributed by atoms with Crippen LogP contribution in [-0.4, -0.2) is 4.98 Å². The lowest BCUT2D eigenvalue weighted by Crippen LogP contribution is -2.43. The summed E-state index contributed by atoms with van der Waals surface area (Å²) in [5.74, 6) is -2.02. The van der Waals surface area contributed by atoms with Crippen molar-refractivity contribution in [2.75, 3.05) is 5.48 Å². The molecule has 0 aliphatic rings. The van der Waals surface area contributed by atoms with Crippen LogP contribution >= 0.6 is 24.8 Å². The van der Waals surface area contributed by atoms with Crippen molar-refractivity contribution in [1.29, 1.82) is 0 Å². The molecule has 0 aliphatic carbocycles. The maximum absolute atomic E-state index is 13.7. The first-order valence-corrected chi connectivity index (χ1v) is 9.87. The fourth-order valence-electron chi connectivity index (χ4n) is 3.40. The molecule has 0 saturated heterocycles. The van der Waals surface area contributed by atoms with E-state index in [0.717, 1.165) is 12.1 Å². The highest BCUT2D eigenvalue weighted by molar-refractivity contribution is 5.85. The first-order chi connectivity index (χ1) is 15.5. The minimum Gasteiger partial charge on any atom is -0.377 e. The SMILES string of the molecule is CC(NC(c1ccncc1)c1c(ONc2ccccc2)c(=O)c1=O)c1ccc(F)c(F)c1.Cl.Cl. The highest BCUT2D eigenvalue weighted by Crippen LogP contribution is 2.30. The van der Waals surface area contributed by atoms with Gasteiger partial charge in [0.25, 0.3) is 5.43 Å². The van der Waals surface area contributed by atoms with Gasteiger partial charge in [-0.25, -0.2) is 14.3 Å². The fraction of sp³-hybridized carbons (Fsp3) is 0.125. The number of aromatic nitrogens is 1. The summed E-state index contributed by atoms with van der Waals surface area (Å²) >= 11 is 0. The monoisotopic (exact) mass is 507 g/mol. The van der Waals surface area contributed by atoms with Gasteiger partial charge in [-0.2, -0.15) is 0 Å². The number of pyridine rings is 1. The van der Waals surface area contributed by atoms with E-state index in [9.17, 15) is 18.4 Å². The van der Waals surface area contributed by atoms with Gasteiger partial charge in [-0.3, -0.25) is 19.9 Å². The Kier molecular flexibility index (Phi) is 9.26. The lowest BCUT2D eigenvalue weighted by Gasteiger charge is -2.26. The molecule has 4 rings (SSSR count). The molecule has 1 heterocycles. The molecule has 0 spiro atoms. The van der Waals surface area contributed by atoms with Gasteiger partial charge >= 0.3 is 0 Å². The minimum absolute atomic E-state index is 0. The van der Waals surface area contributed by atoms with Gasteiger partial charge in [0.1, 0.15) is 0 Å². The number of halogens is 4. The van der Waals surface area contributed by atoms with E-state index < -0.39 is 34.6 Å². The van der Waals surface area contributed by atoms with Crippen LogP contribution in [0, 0.1) is 11.6 Å². The van der Waals surface area contributed by atoms with Crippen molar-refractivity contribution in [1.82, 2.24) is 10.3 Å². The molecule has 4 aromatic rings.